The predicted molar refractivity (Wildman–Crippen MR) is 111 cm³/mol. The highest BCUT2D eigenvalue weighted by Crippen LogP contribution is 2.34. The number of anilines is 2. The molecule has 0 amide bonds. The number of phenolic OH excluding ortho intramolecular Hbond substituents is 1. The molecule has 2 aromatic carbocycles. The van der Waals surface area contributed by atoms with E-state index in [-0.39, 0.29) is 5.75 Å². The fraction of sp³-hybridized carbons (Fsp3) is 0.136. The summed E-state index contributed by atoms with van der Waals surface area (Å²) in [5.41, 5.74) is 3.34. The Hall–Kier alpha value is -3.87. The first-order valence-corrected chi connectivity index (χ1v) is 9.06. The van der Waals surface area contributed by atoms with E-state index in [9.17, 15) is 5.11 Å². The minimum atomic E-state index is 0.0369. The van der Waals surface area contributed by atoms with Crippen LogP contribution in [0.3, 0.4) is 0 Å². The van der Waals surface area contributed by atoms with Crippen LogP contribution in [0.5, 0.6) is 17.2 Å². The third kappa shape index (κ3) is 4.03. The molecule has 4 rings (SSSR count). The van der Waals surface area contributed by atoms with Gasteiger partial charge >= 0.3 is 0 Å². The summed E-state index contributed by atoms with van der Waals surface area (Å²) in [5, 5.41) is 14.0. The SMILES string of the molecule is COc1cc2c(Nc3ccc(OCc4ccccn4)c(C)c3)ncnc2cc1O. The largest absolute Gasteiger partial charge is 0.504 e. The van der Waals surface area contributed by atoms with Crippen molar-refractivity contribution in [2.75, 3.05) is 12.4 Å². The molecule has 0 saturated carbocycles. The predicted octanol–water partition coefficient (Wildman–Crippen LogP) is 4.37. The number of benzene rings is 2. The maximum Gasteiger partial charge on any atom is 0.161 e. The summed E-state index contributed by atoms with van der Waals surface area (Å²) >= 11 is 0. The van der Waals surface area contributed by atoms with Gasteiger partial charge in [-0.15, -0.1) is 0 Å². The van der Waals surface area contributed by atoms with Crippen molar-refractivity contribution in [2.45, 2.75) is 13.5 Å². The molecule has 4 aromatic rings. The molecule has 0 fully saturated rings. The number of aromatic nitrogens is 3. The van der Waals surface area contributed by atoms with E-state index in [0.717, 1.165) is 28.1 Å². The second kappa shape index (κ2) is 8.02. The first kappa shape index (κ1) is 18.5. The van der Waals surface area contributed by atoms with E-state index in [1.807, 2.05) is 43.3 Å². The highest BCUT2D eigenvalue weighted by molar-refractivity contribution is 5.93. The van der Waals surface area contributed by atoms with Crippen LogP contribution in [0.2, 0.25) is 0 Å². The third-order valence-corrected chi connectivity index (χ3v) is 4.48. The van der Waals surface area contributed by atoms with Gasteiger partial charge < -0.3 is 19.9 Å². The summed E-state index contributed by atoms with van der Waals surface area (Å²) in [5.74, 6) is 1.81. The van der Waals surface area contributed by atoms with Gasteiger partial charge in [-0.1, -0.05) is 6.07 Å². The summed E-state index contributed by atoms with van der Waals surface area (Å²) < 4.78 is 11.1. The molecule has 2 heterocycles. The first-order chi connectivity index (χ1) is 14.1. The molecule has 0 aliphatic carbocycles. The van der Waals surface area contributed by atoms with E-state index >= 15 is 0 Å². The van der Waals surface area contributed by atoms with Crippen LogP contribution >= 0.6 is 0 Å². The molecule has 0 aliphatic rings. The third-order valence-electron chi connectivity index (χ3n) is 4.48. The van der Waals surface area contributed by atoms with E-state index in [2.05, 4.69) is 20.3 Å². The van der Waals surface area contributed by atoms with Crippen molar-refractivity contribution in [2.24, 2.45) is 0 Å². The average molecular weight is 388 g/mol. The quantitative estimate of drug-likeness (QED) is 0.507. The van der Waals surface area contributed by atoms with Crippen LogP contribution in [0.25, 0.3) is 10.9 Å². The normalized spacial score (nSPS) is 10.7. The number of hydrogen-bond donors (Lipinski definition) is 2. The van der Waals surface area contributed by atoms with Gasteiger partial charge in [0.15, 0.2) is 11.5 Å². The van der Waals surface area contributed by atoms with Crippen LogP contribution < -0.4 is 14.8 Å². The molecule has 7 heteroatoms. The molecule has 0 unspecified atom stereocenters. The Bertz CT molecular complexity index is 1150. The molecule has 2 N–H and O–H groups in total. The highest BCUT2D eigenvalue weighted by atomic mass is 16.5. The molecule has 0 atom stereocenters. The number of rotatable bonds is 6. The molecule has 7 nitrogen and oxygen atoms in total. The van der Waals surface area contributed by atoms with Crippen molar-refractivity contribution >= 4 is 22.4 Å². The first-order valence-electron chi connectivity index (χ1n) is 9.06. The molecule has 29 heavy (non-hydrogen) atoms. The summed E-state index contributed by atoms with van der Waals surface area (Å²) in [6, 6.07) is 14.8. The molecule has 0 spiro atoms. The van der Waals surface area contributed by atoms with Crippen molar-refractivity contribution in [3.05, 3.63) is 72.3 Å². The molecule has 146 valence electrons. The van der Waals surface area contributed by atoms with Gasteiger partial charge in [-0.25, -0.2) is 9.97 Å². The van der Waals surface area contributed by atoms with Gasteiger partial charge in [0.05, 0.1) is 18.3 Å². The second-order valence-electron chi connectivity index (χ2n) is 6.48. The Balaban J connectivity index is 1.56. The minimum absolute atomic E-state index is 0.0369. The molecular formula is C22H20N4O3. The number of nitrogens with zero attached hydrogens (tertiary/aromatic N) is 3. The standard InChI is InChI=1S/C22H20N4O3/c1-14-9-15(6-7-20(14)29-12-16-5-3-4-8-23-16)26-22-17-10-21(28-2)19(27)11-18(17)24-13-25-22/h3-11,13,27H,12H2,1-2H3,(H,24,25,26). The van der Waals surface area contributed by atoms with Gasteiger partial charge in [-0.05, 0) is 48.9 Å². The highest BCUT2D eigenvalue weighted by Gasteiger charge is 2.11. The number of aryl methyl sites for hydroxylation is 1. The lowest BCUT2D eigenvalue weighted by atomic mass is 10.1. The van der Waals surface area contributed by atoms with Crippen molar-refractivity contribution in [1.29, 1.82) is 0 Å². The second-order valence-corrected chi connectivity index (χ2v) is 6.48. The number of fused-ring (bicyclic) bond motifs is 1. The summed E-state index contributed by atoms with van der Waals surface area (Å²) in [4.78, 5) is 12.8. The summed E-state index contributed by atoms with van der Waals surface area (Å²) in [7, 11) is 1.50. The molecule has 0 bridgehead atoms. The molecule has 0 saturated heterocycles. The maximum absolute atomic E-state index is 9.96. The number of nitrogens with one attached hydrogen (secondary N) is 1. The molecular weight excluding hydrogens is 368 g/mol. The van der Waals surface area contributed by atoms with E-state index in [4.69, 9.17) is 9.47 Å². The van der Waals surface area contributed by atoms with Crippen LogP contribution in [-0.2, 0) is 6.61 Å². The van der Waals surface area contributed by atoms with E-state index in [1.54, 1.807) is 18.3 Å². The Morgan fingerprint density at radius 1 is 1.00 bits per heavy atom. The van der Waals surface area contributed by atoms with Crippen LogP contribution in [0.15, 0.2) is 61.1 Å². The molecule has 0 aliphatic heterocycles. The number of hydrogen-bond acceptors (Lipinski definition) is 7. The molecule has 0 radical (unpaired) electrons. The number of methoxy groups -OCH3 is 1. The van der Waals surface area contributed by atoms with E-state index < -0.39 is 0 Å². The van der Waals surface area contributed by atoms with Crippen molar-refractivity contribution in [3.63, 3.8) is 0 Å². The van der Waals surface area contributed by atoms with Crippen LogP contribution in [0, 0.1) is 6.92 Å². The monoisotopic (exact) mass is 388 g/mol. The van der Waals surface area contributed by atoms with Gasteiger partial charge in [-0.2, -0.15) is 0 Å². The lowest BCUT2D eigenvalue weighted by Gasteiger charge is -2.13. The lowest BCUT2D eigenvalue weighted by molar-refractivity contribution is 0.299. The summed E-state index contributed by atoms with van der Waals surface area (Å²) in [6.07, 6.45) is 3.20. The van der Waals surface area contributed by atoms with E-state index in [0.29, 0.717) is 23.7 Å². The number of ether oxygens (including phenoxy) is 2. The fourth-order valence-corrected chi connectivity index (χ4v) is 3.00. The fourth-order valence-electron chi connectivity index (χ4n) is 3.00. The number of aromatic hydroxyl groups is 1. The van der Waals surface area contributed by atoms with Crippen LogP contribution in [0.4, 0.5) is 11.5 Å². The Kier molecular flexibility index (Phi) is 5.11. The van der Waals surface area contributed by atoms with Gasteiger partial charge in [0.2, 0.25) is 0 Å². The van der Waals surface area contributed by atoms with Crippen molar-refractivity contribution < 1.29 is 14.6 Å². The Morgan fingerprint density at radius 3 is 2.66 bits per heavy atom. The smallest absolute Gasteiger partial charge is 0.161 e. The molecule has 2 aromatic heterocycles. The Labute approximate surface area is 168 Å². The van der Waals surface area contributed by atoms with Gasteiger partial charge in [0.1, 0.15) is 24.5 Å². The van der Waals surface area contributed by atoms with Crippen LogP contribution in [0.1, 0.15) is 11.3 Å². The number of phenols is 1. The van der Waals surface area contributed by atoms with Crippen molar-refractivity contribution in [3.8, 4) is 17.2 Å². The summed E-state index contributed by atoms with van der Waals surface area (Å²) in [6.45, 7) is 2.40. The van der Waals surface area contributed by atoms with Crippen LogP contribution in [-0.4, -0.2) is 27.2 Å². The average Bonchev–Trinajstić information content (AvgIpc) is 2.73. The topological polar surface area (TPSA) is 89.4 Å². The van der Waals surface area contributed by atoms with E-state index in [1.165, 1.54) is 13.4 Å². The van der Waals surface area contributed by atoms with Gasteiger partial charge in [-0.3, -0.25) is 4.98 Å². The Morgan fingerprint density at radius 2 is 1.90 bits per heavy atom. The zero-order valence-corrected chi connectivity index (χ0v) is 16.1. The van der Waals surface area contributed by atoms with Gasteiger partial charge in [0.25, 0.3) is 0 Å². The minimum Gasteiger partial charge on any atom is -0.504 e. The van der Waals surface area contributed by atoms with Crippen molar-refractivity contribution in [1.82, 2.24) is 15.0 Å². The van der Waals surface area contributed by atoms with Gasteiger partial charge in [0, 0.05) is 23.3 Å². The lowest BCUT2D eigenvalue weighted by Crippen LogP contribution is -2.00. The maximum atomic E-state index is 9.96. The zero-order valence-electron chi connectivity index (χ0n) is 16.1. The number of pyridine rings is 1. The zero-order chi connectivity index (χ0) is 20.2.